The van der Waals surface area contributed by atoms with Gasteiger partial charge in [0.05, 0.1) is 11.8 Å². The second-order valence-corrected chi connectivity index (χ2v) is 6.21. The Morgan fingerprint density at radius 1 is 1.04 bits per heavy atom. The molecule has 3 rings (SSSR count). The maximum atomic E-state index is 13.7. The molecule has 0 aromatic heterocycles. The lowest BCUT2D eigenvalue weighted by molar-refractivity contribution is 0.0985. The van der Waals surface area contributed by atoms with Crippen LogP contribution in [0.1, 0.15) is 27.0 Å². The highest BCUT2D eigenvalue weighted by molar-refractivity contribution is 5.98. The standard InChI is InChI=1S/C22H17F2NO2/c1-14-5-6-16(13-25-27)11-18(14)17-9-7-15(8-10-17)12-21(26)22-19(23)3-2-4-20(22)24/h2-11,13,27H,12H2,1H3/b25-13-. The summed E-state index contributed by atoms with van der Waals surface area (Å²) in [4.78, 5) is 12.3. The van der Waals surface area contributed by atoms with Crippen LogP contribution in [0, 0.1) is 18.6 Å². The number of carbonyl (C=O) groups excluding carboxylic acids is 1. The molecule has 0 aliphatic rings. The van der Waals surface area contributed by atoms with Crippen LogP contribution >= 0.6 is 0 Å². The fourth-order valence-corrected chi connectivity index (χ4v) is 2.94. The lowest BCUT2D eigenvalue weighted by Crippen LogP contribution is -2.09. The SMILES string of the molecule is Cc1ccc(/C=N\O)cc1-c1ccc(CC(=O)c2c(F)cccc2F)cc1. The van der Waals surface area contributed by atoms with E-state index in [0.717, 1.165) is 34.4 Å². The van der Waals surface area contributed by atoms with Crippen molar-refractivity contribution in [2.45, 2.75) is 13.3 Å². The van der Waals surface area contributed by atoms with Crippen LogP contribution < -0.4 is 0 Å². The van der Waals surface area contributed by atoms with Crippen LogP contribution in [0.15, 0.2) is 65.8 Å². The Hall–Kier alpha value is -3.34. The summed E-state index contributed by atoms with van der Waals surface area (Å²) in [6, 6.07) is 16.3. The number of Topliss-reactive ketones (excluding diaryl/α,β-unsaturated/α-hetero) is 1. The molecule has 0 fully saturated rings. The maximum Gasteiger partial charge on any atom is 0.173 e. The highest BCUT2D eigenvalue weighted by Gasteiger charge is 2.17. The molecular weight excluding hydrogens is 348 g/mol. The van der Waals surface area contributed by atoms with Crippen LogP contribution in [0.4, 0.5) is 8.78 Å². The summed E-state index contributed by atoms with van der Waals surface area (Å²) in [6.45, 7) is 1.97. The van der Waals surface area contributed by atoms with E-state index in [0.29, 0.717) is 5.56 Å². The molecule has 0 atom stereocenters. The number of aryl methyl sites for hydroxylation is 1. The number of hydrogen-bond donors (Lipinski definition) is 1. The van der Waals surface area contributed by atoms with Gasteiger partial charge in [0.15, 0.2) is 5.78 Å². The Morgan fingerprint density at radius 2 is 1.70 bits per heavy atom. The normalized spacial score (nSPS) is 11.1. The Labute approximate surface area is 155 Å². The number of benzene rings is 3. The van der Waals surface area contributed by atoms with Crippen molar-refractivity contribution in [3.8, 4) is 11.1 Å². The Bertz CT molecular complexity index is 991. The summed E-state index contributed by atoms with van der Waals surface area (Å²) in [5.41, 5.74) is 3.85. The average molecular weight is 365 g/mol. The van der Waals surface area contributed by atoms with E-state index >= 15 is 0 Å². The number of rotatable bonds is 5. The molecule has 3 aromatic rings. The van der Waals surface area contributed by atoms with E-state index in [4.69, 9.17) is 5.21 Å². The van der Waals surface area contributed by atoms with Crippen molar-refractivity contribution < 1.29 is 18.8 Å². The molecule has 27 heavy (non-hydrogen) atoms. The minimum absolute atomic E-state index is 0.0890. The molecule has 0 saturated heterocycles. The molecule has 136 valence electrons. The van der Waals surface area contributed by atoms with Crippen molar-refractivity contribution in [2.75, 3.05) is 0 Å². The lowest BCUT2D eigenvalue weighted by Gasteiger charge is -2.09. The molecule has 0 spiro atoms. The second-order valence-electron chi connectivity index (χ2n) is 6.21. The van der Waals surface area contributed by atoms with Gasteiger partial charge in [0.2, 0.25) is 0 Å². The third-order valence-corrected chi connectivity index (χ3v) is 4.34. The van der Waals surface area contributed by atoms with Gasteiger partial charge < -0.3 is 5.21 Å². The van der Waals surface area contributed by atoms with E-state index in [2.05, 4.69) is 5.16 Å². The van der Waals surface area contributed by atoms with Gasteiger partial charge in [-0.15, -0.1) is 0 Å². The van der Waals surface area contributed by atoms with E-state index < -0.39 is 23.0 Å². The Morgan fingerprint density at radius 3 is 2.33 bits per heavy atom. The average Bonchev–Trinajstić information content (AvgIpc) is 2.64. The number of ketones is 1. The maximum absolute atomic E-state index is 13.7. The molecule has 5 heteroatoms. The fourth-order valence-electron chi connectivity index (χ4n) is 2.94. The Kier molecular flexibility index (Phi) is 5.41. The van der Waals surface area contributed by atoms with Gasteiger partial charge in [0.1, 0.15) is 11.6 Å². The van der Waals surface area contributed by atoms with E-state index in [1.807, 2.05) is 37.3 Å². The first-order chi connectivity index (χ1) is 13.0. The van der Waals surface area contributed by atoms with Crippen molar-refractivity contribution in [3.63, 3.8) is 0 Å². The predicted octanol–water partition coefficient (Wildman–Crippen LogP) is 5.17. The van der Waals surface area contributed by atoms with Gasteiger partial charge >= 0.3 is 0 Å². The summed E-state index contributed by atoms with van der Waals surface area (Å²) in [6.07, 6.45) is 1.26. The van der Waals surface area contributed by atoms with Crippen molar-refractivity contribution in [1.82, 2.24) is 0 Å². The zero-order chi connectivity index (χ0) is 19.4. The number of nitrogens with zero attached hydrogens (tertiary/aromatic N) is 1. The van der Waals surface area contributed by atoms with Gasteiger partial charge in [-0.2, -0.15) is 0 Å². The number of oxime groups is 1. The molecule has 0 amide bonds. The first-order valence-corrected chi connectivity index (χ1v) is 8.34. The van der Waals surface area contributed by atoms with Crippen molar-refractivity contribution in [2.24, 2.45) is 5.16 Å². The van der Waals surface area contributed by atoms with Crippen molar-refractivity contribution in [3.05, 3.63) is 94.6 Å². The summed E-state index contributed by atoms with van der Waals surface area (Å²) < 4.78 is 27.5. The largest absolute Gasteiger partial charge is 0.411 e. The van der Waals surface area contributed by atoms with Gasteiger partial charge in [0.25, 0.3) is 0 Å². The minimum Gasteiger partial charge on any atom is -0.411 e. The van der Waals surface area contributed by atoms with Crippen molar-refractivity contribution >= 4 is 12.0 Å². The van der Waals surface area contributed by atoms with Gasteiger partial charge in [-0.05, 0) is 52.9 Å². The van der Waals surface area contributed by atoms with E-state index in [-0.39, 0.29) is 6.42 Å². The van der Waals surface area contributed by atoms with Crippen molar-refractivity contribution in [1.29, 1.82) is 0 Å². The van der Waals surface area contributed by atoms with Gasteiger partial charge in [0, 0.05) is 6.42 Å². The van der Waals surface area contributed by atoms with Crippen LogP contribution in [-0.4, -0.2) is 17.2 Å². The number of hydrogen-bond acceptors (Lipinski definition) is 3. The summed E-state index contributed by atoms with van der Waals surface area (Å²) in [5.74, 6) is -2.31. The second kappa shape index (κ2) is 7.91. The lowest BCUT2D eigenvalue weighted by atomic mass is 9.96. The zero-order valence-corrected chi connectivity index (χ0v) is 14.6. The molecule has 0 heterocycles. The molecule has 0 aliphatic heterocycles. The van der Waals surface area contributed by atoms with Crippen LogP contribution in [0.3, 0.4) is 0 Å². The van der Waals surface area contributed by atoms with Gasteiger partial charge in [-0.1, -0.05) is 47.6 Å². The molecule has 0 bridgehead atoms. The molecular formula is C22H17F2NO2. The first-order valence-electron chi connectivity index (χ1n) is 8.34. The molecule has 3 nitrogen and oxygen atoms in total. The van der Waals surface area contributed by atoms with E-state index in [9.17, 15) is 13.6 Å². The highest BCUT2D eigenvalue weighted by Crippen LogP contribution is 2.25. The molecule has 0 saturated carbocycles. The summed E-state index contributed by atoms with van der Waals surface area (Å²) in [7, 11) is 0. The van der Waals surface area contributed by atoms with E-state index in [1.165, 1.54) is 12.3 Å². The third kappa shape index (κ3) is 4.08. The highest BCUT2D eigenvalue weighted by atomic mass is 19.1. The Balaban J connectivity index is 1.84. The smallest absolute Gasteiger partial charge is 0.173 e. The fraction of sp³-hybridized carbons (Fsp3) is 0.0909. The van der Waals surface area contributed by atoms with Crippen LogP contribution in [-0.2, 0) is 6.42 Å². The summed E-state index contributed by atoms with van der Waals surface area (Å²) >= 11 is 0. The minimum atomic E-state index is -0.852. The first kappa shape index (κ1) is 18.5. The van der Waals surface area contributed by atoms with Crippen LogP contribution in [0.2, 0.25) is 0 Å². The topological polar surface area (TPSA) is 49.7 Å². The molecule has 3 aromatic carbocycles. The molecule has 0 aliphatic carbocycles. The molecule has 0 radical (unpaired) electrons. The van der Waals surface area contributed by atoms with Crippen LogP contribution in [0.5, 0.6) is 0 Å². The van der Waals surface area contributed by atoms with E-state index in [1.54, 1.807) is 12.1 Å². The number of carbonyl (C=O) groups is 1. The quantitative estimate of drug-likeness (QED) is 0.293. The predicted molar refractivity (Wildman–Crippen MR) is 100 cm³/mol. The van der Waals surface area contributed by atoms with Gasteiger partial charge in [-0.25, -0.2) is 8.78 Å². The third-order valence-electron chi connectivity index (χ3n) is 4.34. The molecule has 0 unspecified atom stereocenters. The summed E-state index contributed by atoms with van der Waals surface area (Å²) in [5, 5.41) is 11.7. The van der Waals surface area contributed by atoms with Crippen LogP contribution in [0.25, 0.3) is 11.1 Å². The van der Waals surface area contributed by atoms with Gasteiger partial charge in [-0.3, -0.25) is 4.79 Å². The monoisotopic (exact) mass is 365 g/mol. The molecule has 1 N–H and O–H groups in total. The number of halogens is 2. The zero-order valence-electron chi connectivity index (χ0n) is 14.6.